The molecule has 0 radical (unpaired) electrons. The van der Waals surface area contributed by atoms with E-state index >= 15 is 0 Å². The summed E-state index contributed by atoms with van der Waals surface area (Å²) < 4.78 is 1.95. The molecule has 0 amide bonds. The number of rotatable bonds is 5. The van der Waals surface area contributed by atoms with Gasteiger partial charge >= 0.3 is 0 Å². The van der Waals surface area contributed by atoms with Gasteiger partial charge in [0.15, 0.2) is 0 Å². The number of nitrogen functional groups attached to an aromatic ring is 1. The van der Waals surface area contributed by atoms with Crippen LogP contribution in [0.4, 0.5) is 5.69 Å². The first kappa shape index (κ1) is 15.5. The van der Waals surface area contributed by atoms with E-state index in [0.29, 0.717) is 16.5 Å². The van der Waals surface area contributed by atoms with E-state index in [2.05, 4.69) is 18.9 Å². The number of benzene rings is 1. The fraction of sp³-hybridized carbons (Fsp3) is 0.357. The van der Waals surface area contributed by atoms with Crippen molar-refractivity contribution in [2.45, 2.75) is 37.5 Å². The lowest BCUT2D eigenvalue weighted by molar-refractivity contribution is 0.628. The van der Waals surface area contributed by atoms with Gasteiger partial charge in [-0.1, -0.05) is 36.2 Å². The molecule has 0 fully saturated rings. The Labute approximate surface area is 133 Å². The number of nitrogens with two attached hydrogens (primary N) is 1. The molecular weight excluding hydrogens is 313 g/mol. The molecular formula is C14H17Cl2N3S. The summed E-state index contributed by atoms with van der Waals surface area (Å²) in [5.74, 6) is 0.702. The smallest absolute Gasteiger partial charge is 0.0858 e. The molecule has 0 spiro atoms. The van der Waals surface area contributed by atoms with Crippen molar-refractivity contribution in [2.24, 2.45) is 0 Å². The van der Waals surface area contributed by atoms with Crippen LogP contribution in [0, 0.1) is 0 Å². The summed E-state index contributed by atoms with van der Waals surface area (Å²) in [5, 5.41) is 5.94. The molecule has 0 atom stereocenters. The van der Waals surface area contributed by atoms with Crippen LogP contribution in [0.1, 0.15) is 25.2 Å². The predicted octanol–water partition coefficient (Wildman–Crippen LogP) is 4.65. The Balaban J connectivity index is 2.25. The van der Waals surface area contributed by atoms with Gasteiger partial charge in [0.2, 0.25) is 0 Å². The Morgan fingerprint density at radius 1 is 1.30 bits per heavy atom. The van der Waals surface area contributed by atoms with Crippen LogP contribution in [0.2, 0.25) is 10.0 Å². The molecule has 2 aromatic rings. The second-order valence-electron chi connectivity index (χ2n) is 4.32. The summed E-state index contributed by atoms with van der Waals surface area (Å²) in [5.41, 5.74) is 8.62. The van der Waals surface area contributed by atoms with Gasteiger partial charge in [-0.05, 0) is 25.5 Å². The van der Waals surface area contributed by atoms with E-state index in [-0.39, 0.29) is 0 Å². The molecule has 0 unspecified atom stereocenters. The summed E-state index contributed by atoms with van der Waals surface area (Å²) >= 11 is 14.2. The molecule has 0 saturated carbocycles. The lowest BCUT2D eigenvalue weighted by Gasteiger charge is -2.09. The van der Waals surface area contributed by atoms with Crippen molar-refractivity contribution < 1.29 is 0 Å². The third-order valence-corrected chi connectivity index (χ3v) is 5.07. The Kier molecular flexibility index (Phi) is 5.24. The zero-order valence-electron chi connectivity index (χ0n) is 11.5. The minimum absolute atomic E-state index is 0.671. The molecule has 108 valence electrons. The molecule has 1 aromatic heterocycles. The summed E-state index contributed by atoms with van der Waals surface area (Å²) in [6, 6.07) is 5.54. The highest BCUT2D eigenvalue weighted by Crippen LogP contribution is 2.36. The van der Waals surface area contributed by atoms with Crippen LogP contribution in [0.15, 0.2) is 23.1 Å². The third kappa shape index (κ3) is 3.08. The van der Waals surface area contributed by atoms with E-state index in [1.54, 1.807) is 11.8 Å². The van der Waals surface area contributed by atoms with Crippen molar-refractivity contribution in [3.05, 3.63) is 39.6 Å². The Morgan fingerprint density at radius 3 is 2.65 bits per heavy atom. The minimum atomic E-state index is 0.671. The fourth-order valence-electron chi connectivity index (χ4n) is 1.97. The maximum absolute atomic E-state index is 6.39. The van der Waals surface area contributed by atoms with E-state index < -0.39 is 0 Å². The SMILES string of the molecule is CCc1nn(CC)c(CSc2c(N)cccc2Cl)c1Cl. The first-order valence-corrected chi connectivity index (χ1v) is 8.23. The molecule has 2 rings (SSSR count). The lowest BCUT2D eigenvalue weighted by Crippen LogP contribution is -2.02. The van der Waals surface area contributed by atoms with Crippen LogP contribution in [0.5, 0.6) is 0 Å². The van der Waals surface area contributed by atoms with Gasteiger partial charge < -0.3 is 5.73 Å². The van der Waals surface area contributed by atoms with Crippen molar-refractivity contribution in [1.29, 1.82) is 0 Å². The van der Waals surface area contributed by atoms with Crippen molar-refractivity contribution in [2.75, 3.05) is 5.73 Å². The first-order chi connectivity index (χ1) is 9.58. The highest BCUT2D eigenvalue weighted by Gasteiger charge is 2.15. The maximum atomic E-state index is 6.39. The molecule has 0 aliphatic heterocycles. The molecule has 20 heavy (non-hydrogen) atoms. The molecule has 6 heteroatoms. The van der Waals surface area contributed by atoms with Crippen LogP contribution >= 0.6 is 35.0 Å². The number of aromatic nitrogens is 2. The van der Waals surface area contributed by atoms with Crippen molar-refractivity contribution in [3.63, 3.8) is 0 Å². The maximum Gasteiger partial charge on any atom is 0.0858 e. The van der Waals surface area contributed by atoms with Gasteiger partial charge in [0.1, 0.15) is 0 Å². The van der Waals surface area contributed by atoms with Crippen LogP contribution in [0.3, 0.4) is 0 Å². The second kappa shape index (κ2) is 6.74. The number of thioether (sulfide) groups is 1. The normalized spacial score (nSPS) is 11.0. The highest BCUT2D eigenvalue weighted by atomic mass is 35.5. The quantitative estimate of drug-likeness (QED) is 0.641. The average Bonchev–Trinajstić information content (AvgIpc) is 2.74. The number of halogens is 2. The van der Waals surface area contributed by atoms with Crippen molar-refractivity contribution >= 4 is 40.7 Å². The van der Waals surface area contributed by atoms with E-state index in [1.165, 1.54) is 0 Å². The number of anilines is 1. The van der Waals surface area contributed by atoms with Crippen LogP contribution in [-0.4, -0.2) is 9.78 Å². The summed E-state index contributed by atoms with van der Waals surface area (Å²) in [4.78, 5) is 0.895. The van der Waals surface area contributed by atoms with Crippen LogP contribution in [0.25, 0.3) is 0 Å². The van der Waals surface area contributed by atoms with E-state index in [9.17, 15) is 0 Å². The van der Waals surface area contributed by atoms with Gasteiger partial charge in [0.05, 0.1) is 21.4 Å². The first-order valence-electron chi connectivity index (χ1n) is 6.49. The predicted molar refractivity (Wildman–Crippen MR) is 87.7 cm³/mol. The van der Waals surface area contributed by atoms with Crippen LogP contribution < -0.4 is 5.73 Å². The molecule has 3 nitrogen and oxygen atoms in total. The average molecular weight is 330 g/mol. The van der Waals surface area contributed by atoms with Gasteiger partial charge in [0, 0.05) is 22.9 Å². The number of nitrogens with zero attached hydrogens (tertiary/aromatic N) is 2. The van der Waals surface area contributed by atoms with Gasteiger partial charge in [-0.15, -0.1) is 11.8 Å². The third-order valence-electron chi connectivity index (χ3n) is 3.04. The molecule has 0 aliphatic rings. The second-order valence-corrected chi connectivity index (χ2v) is 6.09. The van der Waals surface area contributed by atoms with Crippen LogP contribution in [-0.2, 0) is 18.7 Å². The Bertz CT molecular complexity index is 590. The molecule has 0 aliphatic carbocycles. The zero-order chi connectivity index (χ0) is 14.7. The summed E-state index contributed by atoms with van der Waals surface area (Å²) in [6.45, 7) is 4.91. The van der Waals surface area contributed by atoms with Gasteiger partial charge in [-0.3, -0.25) is 4.68 Å². The molecule has 0 bridgehead atoms. The summed E-state index contributed by atoms with van der Waals surface area (Å²) in [6.07, 6.45) is 0.831. The standard InChI is InChI=1S/C14H17Cl2N3S/c1-3-11-13(16)12(19(4-2)18-11)8-20-14-9(15)6-5-7-10(14)17/h5-7H,3-4,8,17H2,1-2H3. The van der Waals surface area contributed by atoms with Gasteiger partial charge in [0.25, 0.3) is 0 Å². The monoisotopic (exact) mass is 329 g/mol. The van der Waals surface area contributed by atoms with Crippen molar-refractivity contribution in [3.8, 4) is 0 Å². The van der Waals surface area contributed by atoms with E-state index in [1.807, 2.05) is 22.9 Å². The lowest BCUT2D eigenvalue weighted by atomic mass is 10.3. The van der Waals surface area contributed by atoms with Gasteiger partial charge in [-0.25, -0.2) is 0 Å². The largest absolute Gasteiger partial charge is 0.398 e. The van der Waals surface area contributed by atoms with Gasteiger partial charge in [-0.2, -0.15) is 5.10 Å². The molecule has 2 N–H and O–H groups in total. The number of hydrogen-bond acceptors (Lipinski definition) is 3. The summed E-state index contributed by atoms with van der Waals surface area (Å²) in [7, 11) is 0. The number of aryl methyl sites for hydroxylation is 2. The molecule has 1 aromatic carbocycles. The van der Waals surface area contributed by atoms with Crippen molar-refractivity contribution in [1.82, 2.24) is 9.78 Å². The number of hydrogen-bond donors (Lipinski definition) is 1. The molecule has 0 saturated heterocycles. The fourth-order valence-corrected chi connectivity index (χ4v) is 3.75. The Morgan fingerprint density at radius 2 is 2.05 bits per heavy atom. The van der Waals surface area contributed by atoms with E-state index in [4.69, 9.17) is 28.9 Å². The Hall–Kier alpha value is -0.840. The zero-order valence-corrected chi connectivity index (χ0v) is 13.8. The highest BCUT2D eigenvalue weighted by molar-refractivity contribution is 7.98. The topological polar surface area (TPSA) is 43.8 Å². The minimum Gasteiger partial charge on any atom is -0.398 e. The molecule has 1 heterocycles. The van der Waals surface area contributed by atoms with E-state index in [0.717, 1.165) is 34.3 Å².